The smallest absolute Gasteiger partial charge is 0.227 e. The van der Waals surface area contributed by atoms with Gasteiger partial charge in [0.05, 0.1) is 22.5 Å². The van der Waals surface area contributed by atoms with Crippen molar-refractivity contribution in [2.45, 2.75) is 0 Å². The van der Waals surface area contributed by atoms with Gasteiger partial charge in [0.15, 0.2) is 11.5 Å². The molecule has 0 fully saturated rings. The third-order valence-corrected chi connectivity index (χ3v) is 7.13. The van der Waals surface area contributed by atoms with E-state index < -0.39 is 0 Å². The maximum Gasteiger partial charge on any atom is 0.227 e. The minimum absolute atomic E-state index is 0.462. The van der Waals surface area contributed by atoms with Gasteiger partial charge in [0, 0.05) is 48.6 Å². The summed E-state index contributed by atoms with van der Waals surface area (Å²) in [6.45, 7) is 1.07. The van der Waals surface area contributed by atoms with Crippen LogP contribution in [0, 0.1) is 0 Å². The van der Waals surface area contributed by atoms with Crippen LogP contribution in [-0.2, 0) is 7.05 Å². The summed E-state index contributed by atoms with van der Waals surface area (Å²) in [5.41, 5.74) is 6.94. The van der Waals surface area contributed by atoms with E-state index in [9.17, 15) is 0 Å². The van der Waals surface area contributed by atoms with Crippen LogP contribution in [0.2, 0.25) is 0 Å². The van der Waals surface area contributed by atoms with Gasteiger partial charge in [0.1, 0.15) is 23.9 Å². The highest BCUT2D eigenvalue weighted by molar-refractivity contribution is 7.81. The molecular formula is C31H25N7O2S. The van der Waals surface area contributed by atoms with E-state index >= 15 is 0 Å². The van der Waals surface area contributed by atoms with Crippen molar-refractivity contribution in [1.29, 1.82) is 0 Å². The van der Waals surface area contributed by atoms with Crippen molar-refractivity contribution >= 4 is 40.0 Å². The Bertz CT molecular complexity index is 1910. The number of nitrogens with zero attached hydrogens (tertiary/aromatic N) is 5. The molecule has 0 amide bonds. The lowest BCUT2D eigenvalue weighted by Crippen LogP contribution is -2.15. The average molecular weight is 560 g/mol. The zero-order valence-corrected chi connectivity index (χ0v) is 22.9. The van der Waals surface area contributed by atoms with E-state index in [1.807, 2.05) is 101 Å². The van der Waals surface area contributed by atoms with Crippen LogP contribution in [0.3, 0.4) is 0 Å². The van der Waals surface area contributed by atoms with Gasteiger partial charge in [-0.25, -0.2) is 14.5 Å². The lowest BCUT2D eigenvalue weighted by molar-refractivity contribution is 0.171. The van der Waals surface area contributed by atoms with Gasteiger partial charge in [-0.15, -0.1) is 0 Å². The van der Waals surface area contributed by atoms with Crippen LogP contribution in [0.4, 0.5) is 17.3 Å². The topological polar surface area (TPSA) is 90.5 Å². The lowest BCUT2D eigenvalue weighted by atomic mass is 10.0. The second-order valence-electron chi connectivity index (χ2n) is 9.54. The zero-order chi connectivity index (χ0) is 27.8. The highest BCUT2D eigenvalue weighted by atomic mass is 32.1. The first-order valence-electron chi connectivity index (χ1n) is 13.1. The van der Waals surface area contributed by atoms with E-state index in [2.05, 4.69) is 21.7 Å². The summed E-state index contributed by atoms with van der Waals surface area (Å²) in [4.78, 5) is 10.0. The van der Waals surface area contributed by atoms with E-state index in [1.165, 1.54) is 0 Å². The van der Waals surface area contributed by atoms with E-state index in [0.717, 1.165) is 50.8 Å². The van der Waals surface area contributed by atoms with Gasteiger partial charge < -0.3 is 24.7 Å². The average Bonchev–Trinajstić information content (AvgIpc) is 3.61. The molecule has 5 heterocycles. The molecule has 1 aliphatic rings. The van der Waals surface area contributed by atoms with E-state index in [-0.39, 0.29) is 0 Å². The zero-order valence-electron chi connectivity index (χ0n) is 22.1. The molecular weight excluding hydrogens is 534 g/mol. The van der Waals surface area contributed by atoms with Gasteiger partial charge in [-0.3, -0.25) is 0 Å². The molecule has 6 aromatic rings. The number of aromatic nitrogens is 5. The molecule has 0 bridgehead atoms. The Balaban J connectivity index is 1.25. The molecule has 0 saturated heterocycles. The fourth-order valence-corrected chi connectivity index (χ4v) is 5.23. The number of benzene rings is 2. The second-order valence-corrected chi connectivity index (χ2v) is 9.95. The third-order valence-electron chi connectivity index (χ3n) is 6.82. The third kappa shape index (κ3) is 4.85. The molecule has 0 spiro atoms. The van der Waals surface area contributed by atoms with Crippen LogP contribution in [0.5, 0.6) is 11.5 Å². The molecule has 0 aliphatic carbocycles. The Kier molecular flexibility index (Phi) is 6.29. The Morgan fingerprint density at radius 3 is 2.66 bits per heavy atom. The molecule has 2 N–H and O–H groups in total. The van der Waals surface area contributed by atoms with Crippen LogP contribution in [-0.4, -0.2) is 42.4 Å². The van der Waals surface area contributed by atoms with Gasteiger partial charge in [-0.1, -0.05) is 30.4 Å². The monoisotopic (exact) mass is 559 g/mol. The first-order valence-corrected chi connectivity index (χ1v) is 13.5. The van der Waals surface area contributed by atoms with Crippen molar-refractivity contribution < 1.29 is 9.47 Å². The number of fused-ring (bicyclic) bond motifs is 2. The predicted molar refractivity (Wildman–Crippen MR) is 163 cm³/mol. The van der Waals surface area contributed by atoms with E-state index in [0.29, 0.717) is 29.9 Å². The van der Waals surface area contributed by atoms with Crippen molar-refractivity contribution in [1.82, 2.24) is 24.1 Å². The SMILES string of the molecule is Cn1cccc1C(=S)Nc1cccc(-c2nn3ccccc3c2-c2ccnc(Nc3ccc4c(c3)OCCO4)n2)c1. The summed E-state index contributed by atoms with van der Waals surface area (Å²) >= 11 is 5.67. The number of hydrogen-bond acceptors (Lipinski definition) is 7. The van der Waals surface area contributed by atoms with Crippen molar-refractivity contribution in [3.05, 3.63) is 103 Å². The molecule has 0 saturated carbocycles. The molecule has 1 aliphatic heterocycles. The number of hydrogen-bond donors (Lipinski definition) is 2. The maximum absolute atomic E-state index is 5.73. The molecule has 9 nitrogen and oxygen atoms in total. The van der Waals surface area contributed by atoms with Crippen LogP contribution >= 0.6 is 12.2 Å². The number of pyridine rings is 1. The van der Waals surface area contributed by atoms with Crippen molar-refractivity contribution in [2.24, 2.45) is 7.05 Å². The van der Waals surface area contributed by atoms with E-state index in [4.69, 9.17) is 31.8 Å². The Morgan fingerprint density at radius 1 is 0.878 bits per heavy atom. The normalized spacial score (nSPS) is 12.3. The summed E-state index contributed by atoms with van der Waals surface area (Å²) in [6.07, 6.45) is 5.65. The molecule has 0 unspecified atom stereocenters. The summed E-state index contributed by atoms with van der Waals surface area (Å²) in [5.74, 6) is 1.89. The van der Waals surface area contributed by atoms with Gasteiger partial charge >= 0.3 is 0 Å². The standard InChI is InChI=1S/C31H25N7O2S/c1-37-14-5-9-25(37)30(41)33-21-7-4-6-20(18-21)29-28(24-8-2-3-15-38(24)36-29)23-12-13-32-31(35-23)34-22-10-11-26-27(19-22)40-17-16-39-26/h2-15,18-19H,16-17H2,1H3,(H,33,41)(H,32,34,35). The van der Waals surface area contributed by atoms with Crippen LogP contribution in [0.15, 0.2) is 97.5 Å². The molecule has 41 heavy (non-hydrogen) atoms. The summed E-state index contributed by atoms with van der Waals surface area (Å²) in [5, 5.41) is 11.6. The summed E-state index contributed by atoms with van der Waals surface area (Å²) in [6, 6.07) is 25.6. The van der Waals surface area contributed by atoms with Crippen LogP contribution < -0.4 is 20.1 Å². The molecule has 7 rings (SSSR count). The first-order chi connectivity index (χ1) is 20.1. The summed E-state index contributed by atoms with van der Waals surface area (Å²) in [7, 11) is 1.97. The van der Waals surface area contributed by atoms with Crippen LogP contribution in [0.1, 0.15) is 5.69 Å². The number of ether oxygens (including phenoxy) is 2. The first kappa shape index (κ1) is 24.8. The minimum Gasteiger partial charge on any atom is -0.486 e. The maximum atomic E-state index is 5.73. The Hall–Kier alpha value is -5.22. The highest BCUT2D eigenvalue weighted by Crippen LogP contribution is 2.36. The Labute approximate surface area is 241 Å². The van der Waals surface area contributed by atoms with Gasteiger partial charge in [-0.05, 0) is 54.6 Å². The largest absolute Gasteiger partial charge is 0.486 e. The predicted octanol–water partition coefficient (Wildman–Crippen LogP) is 6.10. The highest BCUT2D eigenvalue weighted by Gasteiger charge is 2.19. The van der Waals surface area contributed by atoms with Gasteiger partial charge in [0.25, 0.3) is 0 Å². The van der Waals surface area contributed by atoms with Crippen molar-refractivity contribution in [3.8, 4) is 34.0 Å². The number of nitrogens with one attached hydrogen (secondary N) is 2. The number of anilines is 3. The van der Waals surface area contributed by atoms with E-state index in [1.54, 1.807) is 6.20 Å². The fourth-order valence-electron chi connectivity index (χ4n) is 4.90. The summed E-state index contributed by atoms with van der Waals surface area (Å²) < 4.78 is 15.2. The number of rotatable bonds is 6. The number of aryl methyl sites for hydroxylation is 1. The molecule has 4 aromatic heterocycles. The molecule has 202 valence electrons. The lowest BCUT2D eigenvalue weighted by Gasteiger charge is -2.19. The van der Waals surface area contributed by atoms with Crippen LogP contribution in [0.25, 0.3) is 28.0 Å². The number of thiocarbonyl (C=S) groups is 1. The molecule has 0 radical (unpaired) electrons. The fraction of sp³-hybridized carbons (Fsp3) is 0.0968. The Morgan fingerprint density at radius 2 is 1.78 bits per heavy atom. The van der Waals surface area contributed by atoms with Gasteiger partial charge in [0.2, 0.25) is 5.95 Å². The molecule has 0 atom stereocenters. The second kappa shape index (κ2) is 10.4. The van der Waals surface area contributed by atoms with Crippen molar-refractivity contribution in [3.63, 3.8) is 0 Å². The van der Waals surface area contributed by atoms with Gasteiger partial charge in [-0.2, -0.15) is 5.10 Å². The molecule has 2 aromatic carbocycles. The molecule has 10 heteroatoms. The van der Waals surface area contributed by atoms with Crippen molar-refractivity contribution in [2.75, 3.05) is 23.8 Å². The minimum atomic E-state index is 0.462. The quantitative estimate of drug-likeness (QED) is 0.237.